The van der Waals surface area contributed by atoms with Crippen molar-refractivity contribution in [2.24, 2.45) is 0 Å². The van der Waals surface area contributed by atoms with Gasteiger partial charge in [-0.25, -0.2) is 13.4 Å². The third-order valence-electron chi connectivity index (χ3n) is 2.92. The van der Waals surface area contributed by atoms with Crippen molar-refractivity contribution in [1.29, 1.82) is 0 Å². The molecule has 2 rings (SSSR count). The maximum absolute atomic E-state index is 11.4. The SMILES string of the molecule is CCCNc1cc(NC2CCS(=O)(=O)C2)ccn1. The fourth-order valence-electron chi connectivity index (χ4n) is 2.01. The van der Waals surface area contributed by atoms with Crippen molar-refractivity contribution in [2.45, 2.75) is 25.8 Å². The van der Waals surface area contributed by atoms with Crippen LogP contribution in [0.1, 0.15) is 19.8 Å². The van der Waals surface area contributed by atoms with Gasteiger partial charge >= 0.3 is 0 Å². The van der Waals surface area contributed by atoms with E-state index in [-0.39, 0.29) is 17.5 Å². The second-order valence-corrected chi connectivity index (χ2v) is 6.83. The van der Waals surface area contributed by atoms with Crippen molar-refractivity contribution in [1.82, 2.24) is 4.98 Å². The van der Waals surface area contributed by atoms with E-state index in [1.807, 2.05) is 12.1 Å². The van der Waals surface area contributed by atoms with Crippen molar-refractivity contribution in [3.8, 4) is 0 Å². The van der Waals surface area contributed by atoms with E-state index in [1.54, 1.807) is 6.20 Å². The molecular formula is C12H19N3O2S. The first-order chi connectivity index (χ1) is 8.59. The van der Waals surface area contributed by atoms with E-state index in [2.05, 4.69) is 22.5 Å². The largest absolute Gasteiger partial charge is 0.381 e. The highest BCUT2D eigenvalue weighted by atomic mass is 32.2. The molecule has 2 N–H and O–H groups in total. The van der Waals surface area contributed by atoms with Crippen LogP contribution in [0.3, 0.4) is 0 Å². The van der Waals surface area contributed by atoms with Crippen molar-refractivity contribution in [3.05, 3.63) is 18.3 Å². The van der Waals surface area contributed by atoms with Gasteiger partial charge in [0, 0.05) is 30.5 Å². The summed E-state index contributed by atoms with van der Waals surface area (Å²) in [6.45, 7) is 2.98. The Labute approximate surface area is 108 Å². The fourth-order valence-corrected chi connectivity index (χ4v) is 3.69. The van der Waals surface area contributed by atoms with Crippen LogP contribution in [0.15, 0.2) is 18.3 Å². The molecule has 0 amide bonds. The van der Waals surface area contributed by atoms with Crippen molar-refractivity contribution >= 4 is 21.3 Å². The number of nitrogens with zero attached hydrogens (tertiary/aromatic N) is 1. The Kier molecular flexibility index (Phi) is 4.06. The van der Waals surface area contributed by atoms with Gasteiger partial charge in [0.2, 0.25) is 0 Å². The second-order valence-electron chi connectivity index (χ2n) is 4.60. The highest BCUT2D eigenvalue weighted by molar-refractivity contribution is 7.91. The number of hydrogen-bond acceptors (Lipinski definition) is 5. The maximum Gasteiger partial charge on any atom is 0.152 e. The van der Waals surface area contributed by atoms with Crippen LogP contribution in [0, 0.1) is 0 Å². The first kappa shape index (κ1) is 13.1. The summed E-state index contributed by atoms with van der Waals surface area (Å²) in [4.78, 5) is 4.21. The molecule has 0 saturated carbocycles. The zero-order valence-electron chi connectivity index (χ0n) is 10.5. The van der Waals surface area contributed by atoms with Gasteiger partial charge in [-0.15, -0.1) is 0 Å². The average Bonchev–Trinajstić information content (AvgIpc) is 2.66. The quantitative estimate of drug-likeness (QED) is 0.847. The van der Waals surface area contributed by atoms with Crippen LogP contribution in [-0.4, -0.2) is 37.5 Å². The van der Waals surface area contributed by atoms with E-state index in [0.717, 1.165) is 24.5 Å². The molecule has 0 spiro atoms. The van der Waals surface area contributed by atoms with E-state index in [0.29, 0.717) is 6.42 Å². The third-order valence-corrected chi connectivity index (χ3v) is 4.69. The van der Waals surface area contributed by atoms with Crippen LogP contribution < -0.4 is 10.6 Å². The van der Waals surface area contributed by atoms with Crippen molar-refractivity contribution < 1.29 is 8.42 Å². The molecular weight excluding hydrogens is 250 g/mol. The molecule has 6 heteroatoms. The summed E-state index contributed by atoms with van der Waals surface area (Å²) in [5, 5.41) is 6.46. The lowest BCUT2D eigenvalue weighted by molar-refractivity contribution is 0.602. The van der Waals surface area contributed by atoms with Gasteiger partial charge < -0.3 is 10.6 Å². The Balaban J connectivity index is 1.97. The van der Waals surface area contributed by atoms with Gasteiger partial charge in [0.1, 0.15) is 5.82 Å². The van der Waals surface area contributed by atoms with Gasteiger partial charge in [-0.05, 0) is 18.9 Å². The Morgan fingerprint density at radius 1 is 1.50 bits per heavy atom. The molecule has 0 aliphatic carbocycles. The molecule has 5 nitrogen and oxygen atoms in total. The smallest absolute Gasteiger partial charge is 0.152 e. The van der Waals surface area contributed by atoms with E-state index in [1.165, 1.54) is 0 Å². The number of aromatic nitrogens is 1. The Morgan fingerprint density at radius 2 is 2.33 bits per heavy atom. The summed E-state index contributed by atoms with van der Waals surface area (Å²) in [6.07, 6.45) is 3.45. The zero-order chi connectivity index (χ0) is 13.0. The normalized spacial score (nSPS) is 21.7. The monoisotopic (exact) mass is 269 g/mol. The average molecular weight is 269 g/mol. The summed E-state index contributed by atoms with van der Waals surface area (Å²) in [6, 6.07) is 3.80. The van der Waals surface area contributed by atoms with Gasteiger partial charge in [0.25, 0.3) is 0 Å². The predicted molar refractivity (Wildman–Crippen MR) is 73.7 cm³/mol. The molecule has 2 heterocycles. The molecule has 1 aliphatic heterocycles. The van der Waals surface area contributed by atoms with Crippen LogP contribution >= 0.6 is 0 Å². The molecule has 100 valence electrons. The third kappa shape index (κ3) is 3.60. The summed E-state index contributed by atoms with van der Waals surface area (Å²) < 4.78 is 22.7. The molecule has 18 heavy (non-hydrogen) atoms. The molecule has 1 aromatic rings. The molecule has 0 radical (unpaired) electrons. The number of anilines is 2. The summed E-state index contributed by atoms with van der Waals surface area (Å²) >= 11 is 0. The molecule has 1 atom stereocenters. The van der Waals surface area contributed by atoms with Crippen LogP contribution in [0.5, 0.6) is 0 Å². The predicted octanol–water partition coefficient (Wildman–Crippen LogP) is 1.50. The van der Waals surface area contributed by atoms with Crippen molar-refractivity contribution in [2.75, 3.05) is 28.7 Å². The first-order valence-electron chi connectivity index (χ1n) is 6.26. The number of hydrogen-bond donors (Lipinski definition) is 2. The molecule has 1 aromatic heterocycles. The Morgan fingerprint density at radius 3 is 3.00 bits per heavy atom. The van der Waals surface area contributed by atoms with Crippen LogP contribution in [0.25, 0.3) is 0 Å². The number of sulfone groups is 1. The Hall–Kier alpha value is -1.30. The van der Waals surface area contributed by atoms with E-state index < -0.39 is 9.84 Å². The molecule has 1 unspecified atom stereocenters. The first-order valence-corrected chi connectivity index (χ1v) is 8.08. The maximum atomic E-state index is 11.4. The fraction of sp³-hybridized carbons (Fsp3) is 0.583. The number of nitrogens with one attached hydrogen (secondary N) is 2. The summed E-state index contributed by atoms with van der Waals surface area (Å²) in [5.41, 5.74) is 0.922. The van der Waals surface area contributed by atoms with Gasteiger partial charge in [0.15, 0.2) is 9.84 Å². The lowest BCUT2D eigenvalue weighted by Crippen LogP contribution is -2.20. The minimum absolute atomic E-state index is 0.0245. The summed E-state index contributed by atoms with van der Waals surface area (Å²) in [7, 11) is -2.83. The lowest BCUT2D eigenvalue weighted by Gasteiger charge is -2.13. The van der Waals surface area contributed by atoms with Gasteiger partial charge in [-0.1, -0.05) is 6.92 Å². The van der Waals surface area contributed by atoms with Crippen molar-refractivity contribution in [3.63, 3.8) is 0 Å². The standard InChI is InChI=1S/C12H19N3O2S/c1-2-5-13-12-8-10(3-6-14-12)15-11-4-7-18(16,17)9-11/h3,6,8,11H,2,4-5,7,9H2,1H3,(H2,13,14,15). The highest BCUT2D eigenvalue weighted by Gasteiger charge is 2.27. The van der Waals surface area contributed by atoms with Crippen LogP contribution in [-0.2, 0) is 9.84 Å². The Bertz CT molecular complexity index is 502. The minimum atomic E-state index is -2.83. The van der Waals surface area contributed by atoms with E-state index in [4.69, 9.17) is 0 Å². The molecule has 1 saturated heterocycles. The molecule has 0 aromatic carbocycles. The lowest BCUT2D eigenvalue weighted by atomic mass is 10.2. The molecule has 0 bridgehead atoms. The molecule has 1 fully saturated rings. The van der Waals surface area contributed by atoms with Crippen LogP contribution in [0.4, 0.5) is 11.5 Å². The second kappa shape index (κ2) is 5.56. The highest BCUT2D eigenvalue weighted by Crippen LogP contribution is 2.18. The van der Waals surface area contributed by atoms with Gasteiger partial charge in [0.05, 0.1) is 11.5 Å². The minimum Gasteiger partial charge on any atom is -0.381 e. The van der Waals surface area contributed by atoms with E-state index >= 15 is 0 Å². The zero-order valence-corrected chi connectivity index (χ0v) is 11.3. The van der Waals surface area contributed by atoms with Crippen LogP contribution in [0.2, 0.25) is 0 Å². The topological polar surface area (TPSA) is 71.1 Å². The van der Waals surface area contributed by atoms with E-state index in [9.17, 15) is 8.42 Å². The number of pyridine rings is 1. The molecule has 1 aliphatic rings. The van der Waals surface area contributed by atoms with Gasteiger partial charge in [-0.3, -0.25) is 0 Å². The number of rotatable bonds is 5. The van der Waals surface area contributed by atoms with Gasteiger partial charge in [-0.2, -0.15) is 0 Å². The summed E-state index contributed by atoms with van der Waals surface area (Å²) in [5.74, 6) is 1.34.